The standard InChI is InChI=1S/C29H26Cl2FN7O3/c1-38(2)10-6-9-24(40)36-19-8-5-7-18(32)28(19)37-23-12-20-16(14-33-23)11-17(29-34-15-35-39(20)29)25-26(30)21(41-3)13-22(42-4)27(25)31/h5-9,11-15H,10H2,1-4H3,(H,33,37)(H,36,40)/b9-6+. The first-order chi connectivity index (χ1) is 20.2. The topological polar surface area (TPSA) is 106 Å². The number of fused-ring (bicyclic) bond motifs is 3. The zero-order valence-corrected chi connectivity index (χ0v) is 24.6. The SMILES string of the molecule is COc1cc(OC)c(Cl)c(-c2cc3cnc(Nc4c(F)cccc4NC(=O)/C=C/CN(C)C)cc3n3ncnc23)c1Cl. The van der Waals surface area contributed by atoms with Gasteiger partial charge in [-0.05, 0) is 32.3 Å². The predicted molar refractivity (Wildman–Crippen MR) is 163 cm³/mol. The lowest BCUT2D eigenvalue weighted by atomic mass is 10.0. The summed E-state index contributed by atoms with van der Waals surface area (Å²) in [5, 5.41) is 11.4. The number of para-hydroxylation sites is 1. The minimum atomic E-state index is -0.565. The summed E-state index contributed by atoms with van der Waals surface area (Å²) < 4.78 is 27.4. The lowest BCUT2D eigenvalue weighted by molar-refractivity contribution is -0.111. The number of carbonyl (C=O) groups excluding carboxylic acids is 1. The van der Waals surface area contributed by atoms with Crippen LogP contribution in [0.4, 0.5) is 21.6 Å². The normalized spacial score (nSPS) is 11.5. The molecule has 3 aromatic heterocycles. The molecule has 0 aliphatic carbocycles. The zero-order chi connectivity index (χ0) is 30.0. The van der Waals surface area contributed by atoms with E-state index in [1.165, 1.54) is 38.8 Å². The first-order valence-electron chi connectivity index (χ1n) is 12.6. The van der Waals surface area contributed by atoms with Crippen molar-refractivity contribution in [2.24, 2.45) is 0 Å². The second-order valence-electron chi connectivity index (χ2n) is 9.41. The summed E-state index contributed by atoms with van der Waals surface area (Å²) in [5.74, 6) is 0.119. The van der Waals surface area contributed by atoms with Gasteiger partial charge in [0.25, 0.3) is 0 Å². The van der Waals surface area contributed by atoms with Gasteiger partial charge in [-0.1, -0.05) is 35.3 Å². The molecule has 0 radical (unpaired) electrons. The van der Waals surface area contributed by atoms with Gasteiger partial charge < -0.3 is 25.0 Å². The number of nitrogens with one attached hydrogen (secondary N) is 2. The minimum Gasteiger partial charge on any atom is -0.495 e. The Labute approximate surface area is 250 Å². The number of pyridine rings is 2. The van der Waals surface area contributed by atoms with Crippen molar-refractivity contribution in [3.63, 3.8) is 0 Å². The molecule has 0 spiro atoms. The third-order valence-electron chi connectivity index (χ3n) is 6.34. The summed E-state index contributed by atoms with van der Waals surface area (Å²) in [4.78, 5) is 23.3. The van der Waals surface area contributed by atoms with E-state index in [4.69, 9.17) is 32.7 Å². The molecule has 0 aliphatic heterocycles. The molecular formula is C29H26Cl2FN7O3. The lowest BCUT2D eigenvalue weighted by Crippen LogP contribution is -2.13. The lowest BCUT2D eigenvalue weighted by Gasteiger charge is -2.16. The molecule has 3 heterocycles. The first-order valence-corrected chi connectivity index (χ1v) is 13.4. The largest absolute Gasteiger partial charge is 0.495 e. The van der Waals surface area contributed by atoms with E-state index in [2.05, 4.69) is 25.7 Å². The summed E-state index contributed by atoms with van der Waals surface area (Å²) in [5.41, 5.74) is 2.45. The number of carbonyl (C=O) groups is 1. The maximum absolute atomic E-state index is 15.0. The van der Waals surface area contributed by atoms with Crippen LogP contribution in [-0.2, 0) is 4.79 Å². The van der Waals surface area contributed by atoms with Crippen LogP contribution in [0.5, 0.6) is 11.5 Å². The van der Waals surface area contributed by atoms with Crippen LogP contribution >= 0.6 is 23.2 Å². The van der Waals surface area contributed by atoms with Gasteiger partial charge in [0.2, 0.25) is 5.91 Å². The Morgan fingerprint density at radius 2 is 1.83 bits per heavy atom. The van der Waals surface area contributed by atoms with Crippen molar-refractivity contribution in [2.75, 3.05) is 45.5 Å². The maximum Gasteiger partial charge on any atom is 0.248 e. The van der Waals surface area contributed by atoms with Crippen LogP contribution in [0.3, 0.4) is 0 Å². The van der Waals surface area contributed by atoms with E-state index in [9.17, 15) is 9.18 Å². The molecule has 0 fully saturated rings. The fraction of sp³-hybridized carbons (Fsp3) is 0.172. The summed E-state index contributed by atoms with van der Waals surface area (Å²) in [6.07, 6.45) is 6.12. The van der Waals surface area contributed by atoms with Crippen molar-refractivity contribution in [1.29, 1.82) is 0 Å². The number of benzene rings is 2. The van der Waals surface area contributed by atoms with E-state index in [0.717, 1.165) is 0 Å². The van der Waals surface area contributed by atoms with E-state index >= 15 is 0 Å². The van der Waals surface area contributed by atoms with Crippen LogP contribution in [0.15, 0.2) is 61.1 Å². The Morgan fingerprint density at radius 3 is 2.52 bits per heavy atom. The third kappa shape index (κ3) is 5.67. The van der Waals surface area contributed by atoms with Crippen molar-refractivity contribution in [3.8, 4) is 22.6 Å². The number of amides is 1. The van der Waals surface area contributed by atoms with Crippen molar-refractivity contribution in [2.45, 2.75) is 0 Å². The highest BCUT2D eigenvalue weighted by molar-refractivity contribution is 6.41. The fourth-order valence-electron chi connectivity index (χ4n) is 4.37. The molecule has 216 valence electrons. The predicted octanol–water partition coefficient (Wildman–Crippen LogP) is 6.21. The van der Waals surface area contributed by atoms with E-state index in [1.807, 2.05) is 25.1 Å². The summed E-state index contributed by atoms with van der Waals surface area (Å²) in [7, 11) is 6.78. The average Bonchev–Trinajstić information content (AvgIpc) is 3.46. The van der Waals surface area contributed by atoms with E-state index < -0.39 is 5.82 Å². The molecule has 10 nitrogen and oxygen atoms in total. The number of anilines is 3. The Balaban J connectivity index is 1.56. The number of halogens is 3. The van der Waals surface area contributed by atoms with E-state index in [-0.39, 0.29) is 27.3 Å². The molecule has 1 amide bonds. The van der Waals surface area contributed by atoms with Gasteiger partial charge in [0, 0.05) is 47.5 Å². The number of ether oxygens (including phenoxy) is 2. The van der Waals surface area contributed by atoms with Crippen molar-refractivity contribution >= 4 is 62.9 Å². The van der Waals surface area contributed by atoms with Crippen LogP contribution in [0, 0.1) is 5.82 Å². The summed E-state index contributed by atoms with van der Waals surface area (Å²) in [6, 6.07) is 9.54. The molecule has 5 aromatic rings. The molecule has 2 N–H and O–H groups in total. The number of likely N-dealkylation sites (N-methyl/N-ethyl adjacent to an activating group) is 1. The molecule has 0 bridgehead atoms. The van der Waals surface area contributed by atoms with Gasteiger partial charge in [-0.25, -0.2) is 18.9 Å². The van der Waals surface area contributed by atoms with Gasteiger partial charge in [0.15, 0.2) is 5.65 Å². The first kappa shape index (κ1) is 29.1. The fourth-order valence-corrected chi connectivity index (χ4v) is 5.08. The highest BCUT2D eigenvalue weighted by Crippen LogP contribution is 2.47. The second kappa shape index (κ2) is 12.2. The minimum absolute atomic E-state index is 0.0622. The highest BCUT2D eigenvalue weighted by Gasteiger charge is 2.23. The monoisotopic (exact) mass is 609 g/mol. The molecule has 13 heteroatoms. The van der Waals surface area contributed by atoms with Crippen LogP contribution in [0.25, 0.3) is 27.7 Å². The van der Waals surface area contributed by atoms with Crippen LogP contribution < -0.4 is 20.1 Å². The highest BCUT2D eigenvalue weighted by atomic mass is 35.5. The van der Waals surface area contributed by atoms with Crippen LogP contribution in [-0.4, -0.2) is 65.2 Å². The Hall–Kier alpha value is -4.45. The van der Waals surface area contributed by atoms with Crippen molar-refractivity contribution in [3.05, 3.63) is 76.9 Å². The average molecular weight is 610 g/mol. The number of aromatic nitrogens is 4. The number of hydrogen-bond donors (Lipinski definition) is 2. The Morgan fingerprint density at radius 1 is 1.10 bits per heavy atom. The number of rotatable bonds is 9. The van der Waals surface area contributed by atoms with Gasteiger partial charge in [-0.15, -0.1) is 0 Å². The second-order valence-corrected chi connectivity index (χ2v) is 10.2. The van der Waals surface area contributed by atoms with Gasteiger partial charge in [0.1, 0.15) is 29.5 Å². The Kier molecular flexibility index (Phi) is 8.44. The van der Waals surface area contributed by atoms with Gasteiger partial charge in [-0.3, -0.25) is 4.79 Å². The summed E-state index contributed by atoms with van der Waals surface area (Å²) >= 11 is 13.4. The molecule has 5 rings (SSSR count). The smallest absolute Gasteiger partial charge is 0.248 e. The molecule has 0 unspecified atom stereocenters. The molecule has 2 aromatic carbocycles. The van der Waals surface area contributed by atoms with Gasteiger partial charge in [0.05, 0.1) is 41.2 Å². The number of nitrogens with zero attached hydrogens (tertiary/aromatic N) is 5. The number of methoxy groups -OCH3 is 2. The maximum atomic E-state index is 15.0. The van der Waals surface area contributed by atoms with Crippen molar-refractivity contribution < 1.29 is 18.7 Å². The molecule has 0 saturated heterocycles. The van der Waals surface area contributed by atoms with Gasteiger partial charge >= 0.3 is 0 Å². The van der Waals surface area contributed by atoms with Crippen LogP contribution in [0.2, 0.25) is 10.0 Å². The molecule has 0 saturated carbocycles. The molecule has 0 aliphatic rings. The molecule has 42 heavy (non-hydrogen) atoms. The quantitative estimate of drug-likeness (QED) is 0.190. The van der Waals surface area contributed by atoms with Gasteiger partial charge in [-0.2, -0.15) is 5.10 Å². The molecular weight excluding hydrogens is 584 g/mol. The number of hydrogen-bond acceptors (Lipinski definition) is 8. The van der Waals surface area contributed by atoms with E-state index in [1.54, 1.807) is 35.0 Å². The van der Waals surface area contributed by atoms with Crippen molar-refractivity contribution in [1.82, 2.24) is 24.5 Å². The summed E-state index contributed by atoms with van der Waals surface area (Å²) in [6.45, 7) is 0.588. The van der Waals surface area contributed by atoms with E-state index in [0.29, 0.717) is 51.5 Å². The third-order valence-corrected chi connectivity index (χ3v) is 7.09. The Bertz CT molecular complexity index is 1810. The van der Waals surface area contributed by atoms with Crippen LogP contribution in [0.1, 0.15) is 0 Å². The zero-order valence-electron chi connectivity index (χ0n) is 23.1. The molecule has 0 atom stereocenters.